The van der Waals surface area contributed by atoms with Gasteiger partial charge in [-0.05, 0) is 22.4 Å². The molecule has 0 spiro atoms. The largest absolute Gasteiger partial charge is 0.396 e. The van der Waals surface area contributed by atoms with Crippen molar-refractivity contribution in [1.82, 2.24) is 4.98 Å². The number of nitrogens with zero attached hydrogens (tertiary/aromatic N) is 1. The Kier molecular flexibility index (Phi) is 5.55. The van der Waals surface area contributed by atoms with Crippen LogP contribution in [-0.4, -0.2) is 24.7 Å². The highest BCUT2D eigenvalue weighted by molar-refractivity contribution is 9.10. The van der Waals surface area contributed by atoms with Gasteiger partial charge in [0, 0.05) is 19.3 Å². The summed E-state index contributed by atoms with van der Waals surface area (Å²) < 4.78 is 6.05. The van der Waals surface area contributed by atoms with E-state index >= 15 is 0 Å². The van der Waals surface area contributed by atoms with Crippen LogP contribution in [0.2, 0.25) is 0 Å². The van der Waals surface area contributed by atoms with Crippen LogP contribution < -0.4 is 11.1 Å². The van der Waals surface area contributed by atoms with Gasteiger partial charge in [0.2, 0.25) is 0 Å². The van der Waals surface area contributed by atoms with Gasteiger partial charge < -0.3 is 15.8 Å². The third kappa shape index (κ3) is 3.64. The number of anilines is 2. The first-order chi connectivity index (χ1) is 7.69. The molecule has 3 N–H and O–H groups in total. The van der Waals surface area contributed by atoms with E-state index in [-0.39, 0.29) is 6.04 Å². The van der Waals surface area contributed by atoms with Gasteiger partial charge in [0.1, 0.15) is 0 Å². The number of nitrogens with one attached hydrogen (secondary N) is 1. The quantitative estimate of drug-likeness (QED) is 0.845. The van der Waals surface area contributed by atoms with Crippen LogP contribution in [0, 0.1) is 0 Å². The Bertz CT molecular complexity index is 307. The fourth-order valence-electron chi connectivity index (χ4n) is 1.55. The van der Waals surface area contributed by atoms with Crippen LogP contribution in [0.25, 0.3) is 0 Å². The van der Waals surface area contributed by atoms with Crippen molar-refractivity contribution in [2.75, 3.05) is 24.8 Å². The molecule has 5 heteroatoms. The number of halogens is 1. The SMILES string of the molecule is CCCC(COC)Nc1c(N)cncc1Br. The van der Waals surface area contributed by atoms with Crippen molar-refractivity contribution in [2.24, 2.45) is 0 Å². The minimum atomic E-state index is 0.274. The second-order valence-corrected chi connectivity index (χ2v) is 4.53. The highest BCUT2D eigenvalue weighted by Gasteiger charge is 2.11. The number of pyridine rings is 1. The summed E-state index contributed by atoms with van der Waals surface area (Å²) in [6, 6.07) is 0.274. The van der Waals surface area contributed by atoms with Crippen molar-refractivity contribution in [3.05, 3.63) is 16.9 Å². The smallest absolute Gasteiger partial charge is 0.0752 e. The zero-order valence-electron chi connectivity index (χ0n) is 9.66. The second kappa shape index (κ2) is 6.70. The molecule has 0 amide bonds. The van der Waals surface area contributed by atoms with E-state index in [1.165, 1.54) is 0 Å². The van der Waals surface area contributed by atoms with Crippen LogP contribution in [-0.2, 0) is 4.74 Å². The Morgan fingerprint density at radius 2 is 2.31 bits per heavy atom. The first kappa shape index (κ1) is 13.3. The summed E-state index contributed by atoms with van der Waals surface area (Å²) in [7, 11) is 1.70. The zero-order valence-corrected chi connectivity index (χ0v) is 11.3. The minimum Gasteiger partial charge on any atom is -0.396 e. The molecule has 0 aliphatic carbocycles. The third-order valence-corrected chi connectivity index (χ3v) is 2.88. The molecule has 1 atom stereocenters. The number of nitrogen functional groups attached to an aromatic ring is 1. The Balaban J connectivity index is 2.76. The maximum Gasteiger partial charge on any atom is 0.0752 e. The highest BCUT2D eigenvalue weighted by Crippen LogP contribution is 2.28. The van der Waals surface area contributed by atoms with E-state index in [2.05, 4.69) is 33.2 Å². The van der Waals surface area contributed by atoms with Crippen molar-refractivity contribution in [2.45, 2.75) is 25.8 Å². The van der Waals surface area contributed by atoms with Gasteiger partial charge in [-0.2, -0.15) is 0 Å². The Labute approximate surface area is 105 Å². The molecule has 0 fully saturated rings. The number of ether oxygens (including phenoxy) is 1. The van der Waals surface area contributed by atoms with E-state index in [0.29, 0.717) is 12.3 Å². The van der Waals surface area contributed by atoms with Crippen LogP contribution >= 0.6 is 15.9 Å². The number of aromatic nitrogens is 1. The molecule has 16 heavy (non-hydrogen) atoms. The fraction of sp³-hybridized carbons (Fsp3) is 0.545. The summed E-state index contributed by atoms with van der Waals surface area (Å²) in [6.07, 6.45) is 5.52. The fourth-order valence-corrected chi connectivity index (χ4v) is 2.01. The molecular weight excluding hydrogens is 270 g/mol. The van der Waals surface area contributed by atoms with Gasteiger partial charge >= 0.3 is 0 Å². The summed E-state index contributed by atoms with van der Waals surface area (Å²) in [6.45, 7) is 2.82. The maximum atomic E-state index is 5.87. The molecule has 1 aromatic rings. The third-order valence-electron chi connectivity index (χ3n) is 2.28. The number of methoxy groups -OCH3 is 1. The van der Waals surface area contributed by atoms with Gasteiger partial charge in [-0.1, -0.05) is 13.3 Å². The summed E-state index contributed by atoms with van der Waals surface area (Å²) in [5.41, 5.74) is 7.41. The van der Waals surface area contributed by atoms with E-state index in [9.17, 15) is 0 Å². The predicted octanol–water partition coefficient (Wildman–Crippen LogP) is 2.65. The van der Waals surface area contributed by atoms with Gasteiger partial charge in [0.05, 0.1) is 28.7 Å². The molecule has 0 aliphatic heterocycles. The lowest BCUT2D eigenvalue weighted by Gasteiger charge is -2.20. The molecule has 0 aliphatic rings. The molecule has 0 radical (unpaired) electrons. The lowest BCUT2D eigenvalue weighted by molar-refractivity contribution is 0.182. The van der Waals surface area contributed by atoms with E-state index in [0.717, 1.165) is 23.0 Å². The monoisotopic (exact) mass is 287 g/mol. The highest BCUT2D eigenvalue weighted by atomic mass is 79.9. The van der Waals surface area contributed by atoms with Crippen molar-refractivity contribution < 1.29 is 4.74 Å². The van der Waals surface area contributed by atoms with E-state index < -0.39 is 0 Å². The Hall–Kier alpha value is -0.810. The van der Waals surface area contributed by atoms with E-state index in [4.69, 9.17) is 10.5 Å². The predicted molar refractivity (Wildman–Crippen MR) is 70.5 cm³/mol. The lowest BCUT2D eigenvalue weighted by Crippen LogP contribution is -2.25. The zero-order chi connectivity index (χ0) is 12.0. The molecule has 0 saturated heterocycles. The summed E-state index contributed by atoms with van der Waals surface area (Å²) in [4.78, 5) is 4.00. The molecule has 0 aromatic carbocycles. The molecule has 1 heterocycles. The van der Waals surface area contributed by atoms with Gasteiger partial charge in [-0.3, -0.25) is 4.98 Å². The second-order valence-electron chi connectivity index (χ2n) is 3.67. The van der Waals surface area contributed by atoms with Crippen molar-refractivity contribution >= 4 is 27.3 Å². The minimum absolute atomic E-state index is 0.274. The molecule has 0 saturated carbocycles. The number of nitrogens with two attached hydrogens (primary N) is 1. The first-order valence-electron chi connectivity index (χ1n) is 5.33. The standard InChI is InChI=1S/C11H18BrN3O/c1-3-4-8(7-16-2)15-11-9(12)5-14-6-10(11)13/h5-6,8H,3-4,7,13H2,1-2H3,(H,14,15). The molecule has 1 aromatic heterocycles. The molecule has 4 nitrogen and oxygen atoms in total. The van der Waals surface area contributed by atoms with Crippen molar-refractivity contribution in [3.8, 4) is 0 Å². The topological polar surface area (TPSA) is 60.2 Å². The average molecular weight is 288 g/mol. The van der Waals surface area contributed by atoms with Crippen LogP contribution in [0.15, 0.2) is 16.9 Å². The molecule has 90 valence electrons. The molecule has 1 rings (SSSR count). The Morgan fingerprint density at radius 3 is 2.88 bits per heavy atom. The van der Waals surface area contributed by atoms with Crippen molar-refractivity contribution in [3.63, 3.8) is 0 Å². The normalized spacial score (nSPS) is 12.4. The number of hydrogen-bond donors (Lipinski definition) is 2. The molecule has 0 bridgehead atoms. The van der Waals surface area contributed by atoms with Gasteiger partial charge in [0.25, 0.3) is 0 Å². The van der Waals surface area contributed by atoms with E-state index in [1.54, 1.807) is 19.5 Å². The van der Waals surface area contributed by atoms with Crippen molar-refractivity contribution in [1.29, 1.82) is 0 Å². The summed E-state index contributed by atoms with van der Waals surface area (Å²) >= 11 is 3.43. The number of hydrogen-bond acceptors (Lipinski definition) is 4. The van der Waals surface area contributed by atoms with Gasteiger partial charge in [0.15, 0.2) is 0 Å². The van der Waals surface area contributed by atoms with E-state index in [1.807, 2.05) is 0 Å². The number of rotatable bonds is 6. The Morgan fingerprint density at radius 1 is 1.56 bits per heavy atom. The van der Waals surface area contributed by atoms with Crippen LogP contribution in [0.3, 0.4) is 0 Å². The first-order valence-corrected chi connectivity index (χ1v) is 6.12. The van der Waals surface area contributed by atoms with Gasteiger partial charge in [-0.15, -0.1) is 0 Å². The average Bonchev–Trinajstić information content (AvgIpc) is 2.24. The van der Waals surface area contributed by atoms with Crippen LogP contribution in [0.5, 0.6) is 0 Å². The molecule has 1 unspecified atom stereocenters. The summed E-state index contributed by atoms with van der Waals surface area (Å²) in [5, 5.41) is 3.38. The summed E-state index contributed by atoms with van der Waals surface area (Å²) in [5.74, 6) is 0. The lowest BCUT2D eigenvalue weighted by atomic mass is 10.1. The van der Waals surface area contributed by atoms with Crippen LogP contribution in [0.1, 0.15) is 19.8 Å². The maximum absolute atomic E-state index is 5.87. The van der Waals surface area contributed by atoms with Gasteiger partial charge in [-0.25, -0.2) is 0 Å². The van der Waals surface area contributed by atoms with Crippen LogP contribution in [0.4, 0.5) is 11.4 Å². The molecular formula is C11H18BrN3O.